The van der Waals surface area contributed by atoms with Gasteiger partial charge in [-0.05, 0) is 18.4 Å². The van der Waals surface area contributed by atoms with Gasteiger partial charge in [0.05, 0.1) is 16.8 Å². The van der Waals surface area contributed by atoms with Gasteiger partial charge in [0.25, 0.3) is 0 Å². The Morgan fingerprint density at radius 3 is 2.36 bits per heavy atom. The summed E-state index contributed by atoms with van der Waals surface area (Å²) < 4.78 is 0. The molecule has 3 heteroatoms. The van der Waals surface area contributed by atoms with Crippen LogP contribution in [0, 0.1) is 29.6 Å². The molecule has 0 bridgehead atoms. The summed E-state index contributed by atoms with van der Waals surface area (Å²) in [5, 5.41) is 17.7. The summed E-state index contributed by atoms with van der Waals surface area (Å²) in [7, 11) is 0. The third kappa shape index (κ3) is 1.58. The smallest absolute Gasteiger partial charge is 0.101 e. The van der Waals surface area contributed by atoms with Crippen LogP contribution in [0.5, 0.6) is 0 Å². The number of rotatable bonds is 1. The molecule has 0 spiro atoms. The monoisotopic (exact) mass is 185 g/mol. The lowest BCUT2D eigenvalue weighted by molar-refractivity contribution is 0.814. The predicted molar refractivity (Wildman–Crippen MR) is 52.5 cm³/mol. The third-order valence-corrected chi connectivity index (χ3v) is 2.15. The van der Waals surface area contributed by atoms with Crippen molar-refractivity contribution in [1.82, 2.24) is 4.98 Å². The molecule has 14 heavy (non-hydrogen) atoms. The van der Waals surface area contributed by atoms with Crippen molar-refractivity contribution < 1.29 is 0 Å². The Hall–Kier alpha value is -1.87. The molecule has 0 aliphatic rings. The zero-order valence-electron chi connectivity index (χ0n) is 8.50. The first-order valence-electron chi connectivity index (χ1n) is 4.41. The van der Waals surface area contributed by atoms with Gasteiger partial charge >= 0.3 is 0 Å². The molecule has 0 saturated carbocycles. The Morgan fingerprint density at radius 2 is 1.93 bits per heavy atom. The first-order valence-corrected chi connectivity index (χ1v) is 4.41. The molecule has 0 aromatic carbocycles. The second-order valence-electron chi connectivity index (χ2n) is 3.44. The lowest BCUT2D eigenvalue weighted by Crippen LogP contribution is -2.01. The van der Waals surface area contributed by atoms with E-state index in [0.717, 1.165) is 11.3 Å². The van der Waals surface area contributed by atoms with Crippen molar-refractivity contribution in [3.8, 4) is 12.1 Å². The van der Waals surface area contributed by atoms with Crippen LogP contribution in [0.25, 0.3) is 0 Å². The van der Waals surface area contributed by atoms with Gasteiger partial charge in [-0.25, -0.2) is 0 Å². The SMILES string of the molecule is Cc1c(C#N)cnc(C(C)C)c1C#N. The average Bonchev–Trinajstić information content (AvgIpc) is 2.17. The van der Waals surface area contributed by atoms with Crippen molar-refractivity contribution in [3.63, 3.8) is 0 Å². The van der Waals surface area contributed by atoms with Crippen molar-refractivity contribution in [1.29, 1.82) is 10.5 Å². The quantitative estimate of drug-likeness (QED) is 0.674. The lowest BCUT2D eigenvalue weighted by atomic mass is 9.98. The zero-order chi connectivity index (χ0) is 10.7. The van der Waals surface area contributed by atoms with Gasteiger partial charge in [0.15, 0.2) is 0 Å². The molecule has 1 aromatic heterocycles. The minimum Gasteiger partial charge on any atom is -0.258 e. The summed E-state index contributed by atoms with van der Waals surface area (Å²) in [4.78, 5) is 4.14. The molecule has 0 saturated heterocycles. The van der Waals surface area contributed by atoms with Crippen LogP contribution in [-0.4, -0.2) is 4.98 Å². The first kappa shape index (κ1) is 10.2. The molecule has 0 aliphatic carbocycles. The van der Waals surface area contributed by atoms with Crippen LogP contribution < -0.4 is 0 Å². The van der Waals surface area contributed by atoms with Gasteiger partial charge in [0.2, 0.25) is 0 Å². The van der Waals surface area contributed by atoms with Crippen LogP contribution in [0.2, 0.25) is 0 Å². The molecule has 0 atom stereocenters. The van der Waals surface area contributed by atoms with Gasteiger partial charge < -0.3 is 0 Å². The van der Waals surface area contributed by atoms with Crippen LogP contribution in [0.4, 0.5) is 0 Å². The van der Waals surface area contributed by atoms with E-state index in [9.17, 15) is 0 Å². The van der Waals surface area contributed by atoms with Crippen molar-refractivity contribution in [2.24, 2.45) is 0 Å². The molecule has 0 aliphatic heterocycles. The van der Waals surface area contributed by atoms with Crippen LogP contribution in [0.1, 0.15) is 42.1 Å². The minimum atomic E-state index is 0.205. The molecule has 1 aromatic rings. The topological polar surface area (TPSA) is 60.5 Å². The van der Waals surface area contributed by atoms with Crippen molar-refractivity contribution in [2.45, 2.75) is 26.7 Å². The van der Waals surface area contributed by atoms with E-state index in [2.05, 4.69) is 11.1 Å². The molecule has 0 N–H and O–H groups in total. The van der Waals surface area contributed by atoms with E-state index < -0.39 is 0 Å². The maximum Gasteiger partial charge on any atom is 0.101 e. The highest BCUT2D eigenvalue weighted by atomic mass is 14.7. The van der Waals surface area contributed by atoms with E-state index in [0.29, 0.717) is 11.1 Å². The number of nitriles is 2. The molecule has 1 heterocycles. The second kappa shape index (κ2) is 3.89. The molecule has 70 valence electrons. The van der Waals surface area contributed by atoms with E-state index in [-0.39, 0.29) is 5.92 Å². The Labute approximate surface area is 83.6 Å². The molecular formula is C11H11N3. The summed E-state index contributed by atoms with van der Waals surface area (Å²) in [6.45, 7) is 5.74. The van der Waals surface area contributed by atoms with Gasteiger partial charge in [0, 0.05) is 6.20 Å². The molecular weight excluding hydrogens is 174 g/mol. The Balaban J connectivity index is 3.48. The van der Waals surface area contributed by atoms with Crippen LogP contribution in [0.3, 0.4) is 0 Å². The molecule has 0 radical (unpaired) electrons. The predicted octanol–water partition coefficient (Wildman–Crippen LogP) is 2.26. The normalized spacial score (nSPS) is 9.57. The van der Waals surface area contributed by atoms with Crippen molar-refractivity contribution in [2.75, 3.05) is 0 Å². The number of hydrogen-bond acceptors (Lipinski definition) is 3. The highest BCUT2D eigenvalue weighted by molar-refractivity contribution is 5.49. The maximum atomic E-state index is 8.97. The first-order chi connectivity index (χ1) is 6.61. The van der Waals surface area contributed by atoms with Crippen molar-refractivity contribution >= 4 is 0 Å². The minimum absolute atomic E-state index is 0.205. The highest BCUT2D eigenvalue weighted by Gasteiger charge is 2.13. The van der Waals surface area contributed by atoms with Crippen LogP contribution in [-0.2, 0) is 0 Å². The van der Waals surface area contributed by atoms with E-state index in [1.54, 1.807) is 6.92 Å². The van der Waals surface area contributed by atoms with E-state index in [1.165, 1.54) is 6.20 Å². The summed E-state index contributed by atoms with van der Waals surface area (Å²) in [5.41, 5.74) is 2.52. The molecule has 0 amide bonds. The largest absolute Gasteiger partial charge is 0.258 e. The van der Waals surface area contributed by atoms with Crippen molar-refractivity contribution in [3.05, 3.63) is 28.6 Å². The summed E-state index contributed by atoms with van der Waals surface area (Å²) in [5.74, 6) is 0.205. The summed E-state index contributed by atoms with van der Waals surface area (Å²) in [6.07, 6.45) is 1.53. The third-order valence-electron chi connectivity index (χ3n) is 2.15. The van der Waals surface area contributed by atoms with Gasteiger partial charge in [0.1, 0.15) is 12.1 Å². The van der Waals surface area contributed by atoms with E-state index in [4.69, 9.17) is 10.5 Å². The second-order valence-corrected chi connectivity index (χ2v) is 3.44. The summed E-state index contributed by atoms with van der Waals surface area (Å²) in [6, 6.07) is 4.13. The van der Waals surface area contributed by atoms with Crippen LogP contribution in [0.15, 0.2) is 6.20 Å². The maximum absolute atomic E-state index is 8.97. The lowest BCUT2D eigenvalue weighted by Gasteiger charge is -2.09. The number of hydrogen-bond donors (Lipinski definition) is 0. The number of aromatic nitrogens is 1. The van der Waals surface area contributed by atoms with E-state index >= 15 is 0 Å². The van der Waals surface area contributed by atoms with Gasteiger partial charge in [-0.1, -0.05) is 13.8 Å². The molecule has 3 nitrogen and oxygen atoms in total. The highest BCUT2D eigenvalue weighted by Crippen LogP contribution is 2.21. The fraction of sp³-hybridized carbons (Fsp3) is 0.364. The fourth-order valence-corrected chi connectivity index (χ4v) is 1.31. The summed E-state index contributed by atoms with van der Waals surface area (Å²) >= 11 is 0. The zero-order valence-corrected chi connectivity index (χ0v) is 8.50. The van der Waals surface area contributed by atoms with Crippen LogP contribution >= 0.6 is 0 Å². The van der Waals surface area contributed by atoms with Gasteiger partial charge in [-0.2, -0.15) is 10.5 Å². The fourth-order valence-electron chi connectivity index (χ4n) is 1.31. The van der Waals surface area contributed by atoms with Gasteiger partial charge in [-0.3, -0.25) is 4.98 Å². The number of nitrogens with zero attached hydrogens (tertiary/aromatic N) is 3. The average molecular weight is 185 g/mol. The Morgan fingerprint density at radius 1 is 1.29 bits per heavy atom. The Bertz CT molecular complexity index is 433. The van der Waals surface area contributed by atoms with Gasteiger partial charge in [-0.15, -0.1) is 0 Å². The Kier molecular flexibility index (Phi) is 2.84. The standard InChI is InChI=1S/C11H11N3/c1-7(2)11-10(5-13)8(3)9(4-12)6-14-11/h6-7H,1-3H3. The molecule has 0 unspecified atom stereocenters. The van der Waals surface area contributed by atoms with E-state index in [1.807, 2.05) is 19.9 Å². The molecule has 0 fully saturated rings. The molecule has 1 rings (SSSR count). The number of pyridine rings is 1.